The number of rotatable bonds is 16. The standard InChI is InChI=1S/C34H59N5O5S/c1-23(2)16-29(40)32(43)28(17-24-12-10-7-11-13-24)37-33(44)26(18-27-22-45-34(35)36-27)19-30(41)39(21-31(42)38(3)4)20-25-14-8-5-6-9-15-25/h22-26,28-29,32,40,43H,5-21H2,1-4H3,(H2,35,36)(H,37,44)/t26-,28+,29+,32-/m1/s1. The topological polar surface area (TPSA) is 149 Å². The molecule has 2 aliphatic carbocycles. The maximum atomic E-state index is 14.1. The SMILES string of the molecule is CC(C)C[C@H](O)[C@H](O)[C@H](CC1CCCCC1)NC(=O)[C@@H](CC(=O)N(CC(=O)N(C)C)CC1CCCCCC1)Cc1csc(N)n1. The Morgan fingerprint density at radius 3 is 2.13 bits per heavy atom. The van der Waals surface area contributed by atoms with Crippen LogP contribution in [0.4, 0.5) is 5.13 Å². The largest absolute Gasteiger partial charge is 0.390 e. The Hall–Kier alpha value is -2.24. The average molecular weight is 650 g/mol. The Morgan fingerprint density at radius 2 is 1.58 bits per heavy atom. The van der Waals surface area contributed by atoms with E-state index in [-0.39, 0.29) is 43.0 Å². The number of amides is 3. The molecular formula is C34H59N5O5S. The van der Waals surface area contributed by atoms with Crippen LogP contribution < -0.4 is 11.1 Å². The molecule has 4 atom stereocenters. The first-order valence-corrected chi connectivity index (χ1v) is 18.1. The highest BCUT2D eigenvalue weighted by Crippen LogP contribution is 2.30. The van der Waals surface area contributed by atoms with Crippen molar-refractivity contribution in [2.75, 3.05) is 32.9 Å². The van der Waals surface area contributed by atoms with Crippen molar-refractivity contribution >= 4 is 34.2 Å². The van der Waals surface area contributed by atoms with E-state index < -0.39 is 24.2 Å². The van der Waals surface area contributed by atoms with Crippen LogP contribution in [0.5, 0.6) is 0 Å². The fourth-order valence-corrected chi connectivity index (χ4v) is 7.52. The quantitative estimate of drug-likeness (QED) is 0.194. The fraction of sp³-hybridized carbons (Fsp3) is 0.824. The third kappa shape index (κ3) is 12.8. The van der Waals surface area contributed by atoms with Gasteiger partial charge in [-0.05, 0) is 43.4 Å². The summed E-state index contributed by atoms with van der Waals surface area (Å²) in [4.78, 5) is 48.4. The van der Waals surface area contributed by atoms with Gasteiger partial charge in [0.05, 0.1) is 30.3 Å². The third-order valence-corrected chi connectivity index (χ3v) is 10.3. The monoisotopic (exact) mass is 649 g/mol. The zero-order valence-electron chi connectivity index (χ0n) is 28.1. The van der Waals surface area contributed by atoms with Crippen LogP contribution in [0.1, 0.15) is 109 Å². The molecule has 0 saturated heterocycles. The van der Waals surface area contributed by atoms with Crippen molar-refractivity contribution in [2.45, 2.75) is 128 Å². The summed E-state index contributed by atoms with van der Waals surface area (Å²) >= 11 is 1.29. The number of hydrogen-bond acceptors (Lipinski definition) is 8. The van der Waals surface area contributed by atoms with Crippen LogP contribution in [-0.4, -0.2) is 88.2 Å². The summed E-state index contributed by atoms with van der Waals surface area (Å²) in [5, 5.41) is 27.5. The van der Waals surface area contributed by atoms with Gasteiger partial charge in [0, 0.05) is 38.9 Å². The van der Waals surface area contributed by atoms with Crippen LogP contribution in [0.25, 0.3) is 0 Å². The van der Waals surface area contributed by atoms with Crippen LogP contribution in [-0.2, 0) is 20.8 Å². The Kier molecular flexibility index (Phi) is 15.5. The predicted molar refractivity (Wildman–Crippen MR) is 179 cm³/mol. The van der Waals surface area contributed by atoms with Crippen molar-refractivity contribution in [3.05, 3.63) is 11.1 Å². The van der Waals surface area contributed by atoms with Crippen molar-refractivity contribution in [1.29, 1.82) is 0 Å². The molecular weight excluding hydrogens is 590 g/mol. The predicted octanol–water partition coefficient (Wildman–Crippen LogP) is 4.38. The molecule has 10 nitrogen and oxygen atoms in total. The lowest BCUT2D eigenvalue weighted by atomic mass is 9.82. The zero-order chi connectivity index (χ0) is 32.9. The van der Waals surface area contributed by atoms with Gasteiger partial charge in [-0.3, -0.25) is 14.4 Å². The molecule has 256 valence electrons. The normalized spacial score (nSPS) is 19.4. The number of aliphatic hydroxyl groups is 2. The molecule has 2 fully saturated rings. The molecule has 1 aromatic heterocycles. The summed E-state index contributed by atoms with van der Waals surface area (Å²) in [5.41, 5.74) is 6.54. The number of aliphatic hydroxyl groups excluding tert-OH is 2. The summed E-state index contributed by atoms with van der Waals surface area (Å²) in [5.74, 6) is -0.634. The number of nitrogens with one attached hydrogen (secondary N) is 1. The maximum absolute atomic E-state index is 14.1. The zero-order valence-corrected chi connectivity index (χ0v) is 28.9. The molecule has 3 rings (SSSR count). The molecule has 0 aromatic carbocycles. The summed E-state index contributed by atoms with van der Waals surface area (Å²) in [6.45, 7) is 4.47. The van der Waals surface area contributed by atoms with Gasteiger partial charge >= 0.3 is 0 Å². The molecule has 2 aliphatic rings. The molecule has 0 radical (unpaired) electrons. The lowest BCUT2D eigenvalue weighted by Gasteiger charge is -2.34. The summed E-state index contributed by atoms with van der Waals surface area (Å²) < 4.78 is 0. The van der Waals surface area contributed by atoms with Gasteiger partial charge in [-0.2, -0.15) is 0 Å². The maximum Gasteiger partial charge on any atom is 0.241 e. The number of likely N-dealkylation sites (N-methyl/N-ethyl adjacent to an activating group) is 1. The smallest absolute Gasteiger partial charge is 0.241 e. The number of nitrogens with zero attached hydrogens (tertiary/aromatic N) is 3. The number of aromatic nitrogens is 1. The second-order valence-electron chi connectivity index (χ2n) is 14.2. The van der Waals surface area contributed by atoms with Crippen molar-refractivity contribution < 1.29 is 24.6 Å². The molecule has 3 amide bonds. The summed E-state index contributed by atoms with van der Waals surface area (Å²) in [6, 6.07) is -0.634. The number of nitrogens with two attached hydrogens (primary N) is 1. The van der Waals surface area contributed by atoms with E-state index in [1.165, 1.54) is 35.5 Å². The molecule has 0 aliphatic heterocycles. The molecule has 11 heteroatoms. The lowest BCUT2D eigenvalue weighted by Crippen LogP contribution is -2.52. The molecule has 1 heterocycles. The molecule has 5 N–H and O–H groups in total. The van der Waals surface area contributed by atoms with Gasteiger partial charge in [0.15, 0.2) is 5.13 Å². The van der Waals surface area contributed by atoms with E-state index in [0.29, 0.717) is 42.0 Å². The van der Waals surface area contributed by atoms with Gasteiger partial charge in [0.25, 0.3) is 0 Å². The number of carbonyl (C=O) groups is 3. The molecule has 0 unspecified atom stereocenters. The second-order valence-corrected chi connectivity index (χ2v) is 15.1. The number of thiazole rings is 1. The fourth-order valence-electron chi connectivity index (χ4n) is 6.94. The molecule has 1 aromatic rings. The minimum absolute atomic E-state index is 0.0231. The van der Waals surface area contributed by atoms with E-state index in [1.807, 2.05) is 13.8 Å². The van der Waals surface area contributed by atoms with Crippen molar-refractivity contribution in [2.24, 2.45) is 23.7 Å². The minimum Gasteiger partial charge on any atom is -0.390 e. The average Bonchev–Trinajstić information content (AvgIpc) is 3.23. The van der Waals surface area contributed by atoms with Crippen molar-refractivity contribution in [3.63, 3.8) is 0 Å². The number of anilines is 1. The first-order valence-electron chi connectivity index (χ1n) is 17.3. The number of nitrogen functional groups attached to an aromatic ring is 1. The Bertz CT molecular complexity index is 1050. The van der Waals surface area contributed by atoms with Crippen LogP contribution in [0.3, 0.4) is 0 Å². The summed E-state index contributed by atoms with van der Waals surface area (Å²) in [7, 11) is 3.37. The first kappa shape index (κ1) is 37.2. The van der Waals surface area contributed by atoms with E-state index >= 15 is 0 Å². The van der Waals surface area contributed by atoms with Gasteiger partial charge in [0.2, 0.25) is 17.7 Å². The molecule has 0 spiro atoms. The second kappa shape index (κ2) is 18.8. The van der Waals surface area contributed by atoms with Gasteiger partial charge in [-0.25, -0.2) is 4.98 Å². The van der Waals surface area contributed by atoms with Crippen LogP contribution in [0.2, 0.25) is 0 Å². The molecule has 0 bridgehead atoms. The minimum atomic E-state index is -1.12. The van der Waals surface area contributed by atoms with Crippen LogP contribution in [0.15, 0.2) is 5.38 Å². The number of hydrogen-bond donors (Lipinski definition) is 4. The van der Waals surface area contributed by atoms with E-state index in [2.05, 4.69) is 10.3 Å². The van der Waals surface area contributed by atoms with Crippen molar-refractivity contribution in [3.8, 4) is 0 Å². The number of carbonyl (C=O) groups excluding carboxylic acids is 3. The highest BCUT2D eigenvalue weighted by molar-refractivity contribution is 7.13. The van der Waals surface area contributed by atoms with Crippen LogP contribution in [0, 0.1) is 23.7 Å². The van der Waals surface area contributed by atoms with Gasteiger partial charge in [0.1, 0.15) is 6.10 Å². The summed E-state index contributed by atoms with van der Waals surface area (Å²) in [6.07, 6.45) is 11.3. The molecule has 2 saturated carbocycles. The highest BCUT2D eigenvalue weighted by Gasteiger charge is 2.35. The van der Waals surface area contributed by atoms with Gasteiger partial charge in [-0.15, -0.1) is 11.3 Å². The van der Waals surface area contributed by atoms with Gasteiger partial charge < -0.3 is 31.1 Å². The third-order valence-electron chi connectivity index (χ3n) is 9.61. The highest BCUT2D eigenvalue weighted by atomic mass is 32.1. The van der Waals surface area contributed by atoms with E-state index in [9.17, 15) is 24.6 Å². The lowest BCUT2D eigenvalue weighted by molar-refractivity contribution is -0.142. The Morgan fingerprint density at radius 1 is 0.978 bits per heavy atom. The van der Waals surface area contributed by atoms with E-state index in [1.54, 1.807) is 24.4 Å². The van der Waals surface area contributed by atoms with E-state index in [4.69, 9.17) is 5.73 Å². The van der Waals surface area contributed by atoms with E-state index in [0.717, 1.165) is 51.4 Å². The van der Waals surface area contributed by atoms with Crippen LogP contribution >= 0.6 is 11.3 Å². The molecule has 45 heavy (non-hydrogen) atoms. The Labute approximate surface area is 274 Å². The first-order chi connectivity index (χ1) is 21.4. The Balaban J connectivity index is 1.83. The van der Waals surface area contributed by atoms with Gasteiger partial charge in [-0.1, -0.05) is 71.6 Å². The van der Waals surface area contributed by atoms with Crippen molar-refractivity contribution in [1.82, 2.24) is 20.1 Å².